The van der Waals surface area contributed by atoms with Gasteiger partial charge in [0, 0.05) is 40.7 Å². The van der Waals surface area contributed by atoms with Gasteiger partial charge in [0.2, 0.25) is 0 Å². The summed E-state index contributed by atoms with van der Waals surface area (Å²) in [6.07, 6.45) is 1.94. The Kier molecular flexibility index (Phi) is 5.37. The van der Waals surface area contributed by atoms with E-state index >= 15 is 0 Å². The number of benzene rings is 2. The van der Waals surface area contributed by atoms with E-state index in [4.69, 9.17) is 9.47 Å². The van der Waals surface area contributed by atoms with Crippen LogP contribution in [-0.2, 0) is 14.9 Å². The summed E-state index contributed by atoms with van der Waals surface area (Å²) in [6.45, 7) is 4.51. The molecule has 9 heteroatoms. The summed E-state index contributed by atoms with van der Waals surface area (Å²) in [6, 6.07) is 8.74. The third kappa shape index (κ3) is 3.57. The van der Waals surface area contributed by atoms with Gasteiger partial charge in [0.05, 0.1) is 30.9 Å². The fourth-order valence-corrected chi connectivity index (χ4v) is 5.45. The van der Waals surface area contributed by atoms with Crippen molar-refractivity contribution >= 4 is 27.8 Å². The third-order valence-corrected chi connectivity index (χ3v) is 7.08. The molecule has 1 fully saturated rings. The number of hydrogen-bond acceptors (Lipinski definition) is 5. The highest BCUT2D eigenvalue weighted by Crippen LogP contribution is 2.52. The topological polar surface area (TPSA) is 110 Å². The Bertz CT molecular complexity index is 1450. The summed E-state index contributed by atoms with van der Waals surface area (Å²) in [5, 5.41) is 29.1. The molecule has 5 rings (SSSR count). The normalized spacial score (nSPS) is 20.3. The molecule has 35 heavy (non-hydrogen) atoms. The van der Waals surface area contributed by atoms with E-state index in [9.17, 15) is 19.4 Å². The van der Waals surface area contributed by atoms with Crippen LogP contribution in [0, 0.1) is 5.82 Å². The molecule has 0 saturated heterocycles. The first-order valence-electron chi connectivity index (χ1n) is 11.4. The molecule has 184 valence electrons. The number of aromatic nitrogens is 3. The Hall–Kier alpha value is -3.43. The van der Waals surface area contributed by atoms with Gasteiger partial charge in [0.1, 0.15) is 0 Å². The van der Waals surface area contributed by atoms with Crippen molar-refractivity contribution in [1.82, 2.24) is 14.8 Å². The summed E-state index contributed by atoms with van der Waals surface area (Å²) >= 11 is 0. The van der Waals surface area contributed by atoms with E-state index < -0.39 is 22.8 Å². The summed E-state index contributed by atoms with van der Waals surface area (Å²) in [5.41, 5.74) is 2.03. The number of H-pyrrole nitrogens is 1. The Morgan fingerprint density at radius 3 is 2.69 bits per heavy atom. The number of nitrogens with one attached hydrogen (secondary N) is 1. The Morgan fingerprint density at radius 1 is 1.29 bits per heavy atom. The highest BCUT2D eigenvalue weighted by molar-refractivity contribution is 5.99. The van der Waals surface area contributed by atoms with Crippen LogP contribution in [0.25, 0.3) is 27.5 Å². The van der Waals surface area contributed by atoms with Gasteiger partial charge >= 0.3 is 5.97 Å². The minimum Gasteiger partial charge on any atom is -0.494 e. The molecular formula is C26H28FN3O5. The number of methoxy groups -OCH3 is 2. The fraction of sp³-hybridized carbons (Fsp3) is 0.385. The van der Waals surface area contributed by atoms with E-state index in [1.165, 1.54) is 13.2 Å². The lowest BCUT2D eigenvalue weighted by Gasteiger charge is -2.42. The van der Waals surface area contributed by atoms with Gasteiger partial charge < -0.3 is 24.3 Å². The lowest BCUT2D eigenvalue weighted by Crippen LogP contribution is -2.49. The average molecular weight is 482 g/mol. The molecule has 2 heterocycles. The molecule has 0 aliphatic heterocycles. The highest BCUT2D eigenvalue weighted by Gasteiger charge is 2.51. The van der Waals surface area contributed by atoms with Gasteiger partial charge in [-0.3, -0.25) is 5.10 Å². The molecule has 0 atom stereocenters. The zero-order chi connectivity index (χ0) is 25.1. The molecular weight excluding hydrogens is 453 g/mol. The Balaban J connectivity index is 1.86. The van der Waals surface area contributed by atoms with Crippen molar-refractivity contribution in [3.63, 3.8) is 0 Å². The molecule has 0 unspecified atom stereocenters. The number of aliphatic carboxylic acids is 1. The Labute approximate surface area is 201 Å². The van der Waals surface area contributed by atoms with Crippen molar-refractivity contribution in [2.75, 3.05) is 20.8 Å². The van der Waals surface area contributed by atoms with Crippen LogP contribution < -0.4 is 4.74 Å². The predicted molar refractivity (Wildman–Crippen MR) is 129 cm³/mol. The maximum Gasteiger partial charge on any atom is 0.335 e. The minimum absolute atomic E-state index is 0.102. The summed E-state index contributed by atoms with van der Waals surface area (Å²) < 4.78 is 27.2. The number of rotatable bonds is 7. The zero-order valence-electron chi connectivity index (χ0n) is 20.1. The Morgan fingerprint density at radius 2 is 2.03 bits per heavy atom. The lowest BCUT2D eigenvalue weighted by molar-refractivity contribution is -0.169. The molecule has 0 spiro atoms. The summed E-state index contributed by atoms with van der Waals surface area (Å²) in [7, 11) is 3.06. The molecule has 4 aromatic rings. The van der Waals surface area contributed by atoms with Crippen molar-refractivity contribution in [1.29, 1.82) is 0 Å². The molecule has 1 aliphatic carbocycles. The first kappa shape index (κ1) is 23.3. The number of halogens is 1. The van der Waals surface area contributed by atoms with Crippen LogP contribution >= 0.6 is 0 Å². The third-order valence-electron chi connectivity index (χ3n) is 7.08. The maximum absolute atomic E-state index is 14.3. The van der Waals surface area contributed by atoms with Crippen molar-refractivity contribution in [2.45, 2.75) is 43.6 Å². The number of fused-ring (bicyclic) bond motifs is 2. The fourth-order valence-electron chi connectivity index (χ4n) is 5.45. The van der Waals surface area contributed by atoms with Gasteiger partial charge in [-0.25, -0.2) is 9.18 Å². The van der Waals surface area contributed by atoms with E-state index in [-0.39, 0.29) is 24.5 Å². The molecule has 1 aliphatic rings. The van der Waals surface area contributed by atoms with Gasteiger partial charge in [0.25, 0.3) is 0 Å². The van der Waals surface area contributed by atoms with Gasteiger partial charge in [-0.2, -0.15) is 5.10 Å². The second kappa shape index (κ2) is 8.07. The van der Waals surface area contributed by atoms with Crippen molar-refractivity contribution in [3.8, 4) is 11.4 Å². The second-order valence-corrected chi connectivity index (χ2v) is 10.0. The van der Waals surface area contributed by atoms with Crippen LogP contribution in [0.3, 0.4) is 0 Å². The monoisotopic (exact) mass is 481 g/mol. The highest BCUT2D eigenvalue weighted by atomic mass is 19.1. The zero-order valence-corrected chi connectivity index (χ0v) is 20.1. The van der Waals surface area contributed by atoms with Gasteiger partial charge in [0.15, 0.2) is 17.2 Å². The lowest BCUT2D eigenvalue weighted by atomic mass is 9.66. The van der Waals surface area contributed by atoms with E-state index in [0.717, 1.165) is 33.1 Å². The second-order valence-electron chi connectivity index (χ2n) is 10.0. The molecule has 0 amide bonds. The number of carbonyl (C=O) groups is 1. The standard InChI is InChI=1S/C26H28FN3O5/c1-25(2,13-34-3)23-22(15-10-26(33,11-15)24(31)32)17-9-19-14(12-28-29-19)7-20(17)30(23)16-5-6-18(27)21(8-16)35-4/h5-9,12,15,33H,10-11,13H2,1-4H3,(H,28,29)(H,31,32). The van der Waals surface area contributed by atoms with Crippen LogP contribution in [0.2, 0.25) is 0 Å². The van der Waals surface area contributed by atoms with Crippen LogP contribution in [0.5, 0.6) is 5.75 Å². The number of ether oxygens (including phenoxy) is 2. The summed E-state index contributed by atoms with van der Waals surface area (Å²) in [5.74, 6) is -1.74. The van der Waals surface area contributed by atoms with Crippen LogP contribution in [0.1, 0.15) is 43.9 Å². The van der Waals surface area contributed by atoms with E-state index in [0.29, 0.717) is 12.3 Å². The molecule has 0 radical (unpaired) electrons. The van der Waals surface area contributed by atoms with Crippen molar-refractivity contribution < 1.29 is 28.9 Å². The van der Waals surface area contributed by atoms with Gasteiger partial charge in [-0.05, 0) is 48.6 Å². The molecule has 1 saturated carbocycles. The van der Waals surface area contributed by atoms with Crippen LogP contribution in [-0.4, -0.2) is 57.4 Å². The molecule has 0 bridgehead atoms. The van der Waals surface area contributed by atoms with E-state index in [1.54, 1.807) is 25.4 Å². The number of hydrogen-bond donors (Lipinski definition) is 3. The van der Waals surface area contributed by atoms with E-state index in [1.807, 2.05) is 12.1 Å². The predicted octanol–water partition coefficient (Wildman–Crippen LogP) is 4.27. The van der Waals surface area contributed by atoms with Crippen molar-refractivity contribution in [2.24, 2.45) is 0 Å². The summed E-state index contributed by atoms with van der Waals surface area (Å²) in [4.78, 5) is 11.7. The number of carboxylic acid groups (broad SMARTS) is 1. The van der Waals surface area contributed by atoms with Crippen LogP contribution in [0.4, 0.5) is 4.39 Å². The number of nitrogens with zero attached hydrogens (tertiary/aromatic N) is 2. The quantitative estimate of drug-likeness (QED) is 0.364. The number of aliphatic hydroxyl groups is 1. The van der Waals surface area contributed by atoms with Crippen LogP contribution in [0.15, 0.2) is 36.5 Å². The average Bonchev–Trinajstić information content (AvgIpc) is 3.37. The van der Waals surface area contributed by atoms with Gasteiger partial charge in [-0.1, -0.05) is 13.8 Å². The largest absolute Gasteiger partial charge is 0.494 e. The molecule has 2 aromatic carbocycles. The van der Waals surface area contributed by atoms with E-state index in [2.05, 4.69) is 28.6 Å². The smallest absolute Gasteiger partial charge is 0.335 e. The molecule has 2 aromatic heterocycles. The molecule has 8 nitrogen and oxygen atoms in total. The number of aromatic amines is 1. The molecule has 3 N–H and O–H groups in total. The van der Waals surface area contributed by atoms with Gasteiger partial charge in [-0.15, -0.1) is 0 Å². The SMILES string of the molecule is COCC(C)(C)c1c(C2CC(O)(C(=O)O)C2)c2cc3[nH]ncc3cc2n1-c1ccc(F)c(OC)c1. The first-order valence-corrected chi connectivity index (χ1v) is 11.4. The minimum atomic E-state index is -1.75. The maximum atomic E-state index is 14.3. The number of carboxylic acids is 1. The van der Waals surface area contributed by atoms with Crippen molar-refractivity contribution in [3.05, 3.63) is 53.6 Å². The first-order chi connectivity index (χ1) is 16.6.